The van der Waals surface area contributed by atoms with Crippen LogP contribution in [0.2, 0.25) is 0 Å². The van der Waals surface area contributed by atoms with E-state index in [1.165, 1.54) is 0 Å². The molecule has 0 saturated carbocycles. The summed E-state index contributed by atoms with van der Waals surface area (Å²) in [6.45, 7) is 1.61. The summed E-state index contributed by atoms with van der Waals surface area (Å²) in [5.74, 6) is 0. The van der Waals surface area contributed by atoms with Gasteiger partial charge >= 0.3 is 6.03 Å². The summed E-state index contributed by atoms with van der Waals surface area (Å²) in [7, 11) is 0. The van der Waals surface area contributed by atoms with Gasteiger partial charge in [-0.25, -0.2) is 4.79 Å². The van der Waals surface area contributed by atoms with Crippen LogP contribution in [0, 0.1) is 6.92 Å². The third kappa shape index (κ3) is 4.29. The van der Waals surface area contributed by atoms with Gasteiger partial charge in [-0.1, -0.05) is 17.7 Å². The highest BCUT2D eigenvalue weighted by Crippen LogP contribution is 2.07. The molecule has 0 saturated heterocycles. The summed E-state index contributed by atoms with van der Waals surface area (Å²) >= 11 is 0. The molecule has 0 radical (unpaired) electrons. The number of aryl methyl sites for hydroxylation is 1. The number of nitrogens with one attached hydrogen (secondary N) is 2. The number of aliphatic hydroxyl groups is 2. The Morgan fingerprint density at radius 1 is 1.38 bits per heavy atom. The topological polar surface area (TPSA) is 81.6 Å². The van der Waals surface area contributed by atoms with Gasteiger partial charge in [0.05, 0.1) is 12.7 Å². The minimum absolute atomic E-state index is 0.0220. The Labute approximate surface area is 94.1 Å². The van der Waals surface area contributed by atoms with Gasteiger partial charge in [0, 0.05) is 12.2 Å². The second-order valence-corrected chi connectivity index (χ2v) is 3.54. The molecule has 0 heterocycles. The molecule has 2 amide bonds. The fraction of sp³-hybridized carbons (Fsp3) is 0.364. The molecule has 1 atom stereocenters. The fourth-order valence-electron chi connectivity index (χ4n) is 1.09. The van der Waals surface area contributed by atoms with Crippen LogP contribution in [-0.2, 0) is 0 Å². The fourth-order valence-corrected chi connectivity index (χ4v) is 1.09. The second kappa shape index (κ2) is 6.09. The van der Waals surface area contributed by atoms with Crippen molar-refractivity contribution in [2.75, 3.05) is 18.5 Å². The summed E-state index contributed by atoms with van der Waals surface area (Å²) in [5.41, 5.74) is 1.79. The number of benzene rings is 1. The van der Waals surface area contributed by atoms with Crippen molar-refractivity contribution in [1.29, 1.82) is 0 Å². The molecule has 1 aromatic rings. The molecule has 1 rings (SSSR count). The number of rotatable bonds is 4. The van der Waals surface area contributed by atoms with Gasteiger partial charge in [0.25, 0.3) is 0 Å². The Bertz CT molecular complexity index is 338. The lowest BCUT2D eigenvalue weighted by atomic mass is 10.2. The Morgan fingerprint density at radius 2 is 2.00 bits per heavy atom. The number of aliphatic hydroxyl groups excluding tert-OH is 2. The highest BCUT2D eigenvalue weighted by molar-refractivity contribution is 5.89. The molecule has 0 aliphatic carbocycles. The van der Waals surface area contributed by atoms with Crippen LogP contribution in [0.1, 0.15) is 5.56 Å². The number of carbonyl (C=O) groups excluding carboxylic acids is 1. The smallest absolute Gasteiger partial charge is 0.319 e. The van der Waals surface area contributed by atoms with E-state index in [1.807, 2.05) is 19.1 Å². The van der Waals surface area contributed by atoms with E-state index < -0.39 is 12.1 Å². The van der Waals surface area contributed by atoms with Gasteiger partial charge in [-0.2, -0.15) is 0 Å². The summed E-state index contributed by atoms with van der Waals surface area (Å²) in [4.78, 5) is 11.3. The van der Waals surface area contributed by atoms with Crippen molar-refractivity contribution in [2.45, 2.75) is 13.0 Å². The normalized spacial score (nSPS) is 11.9. The maximum absolute atomic E-state index is 11.3. The lowest BCUT2D eigenvalue weighted by Gasteiger charge is -2.10. The zero-order valence-corrected chi connectivity index (χ0v) is 9.10. The van der Waals surface area contributed by atoms with Gasteiger partial charge in [-0.3, -0.25) is 0 Å². The predicted molar refractivity (Wildman–Crippen MR) is 61.3 cm³/mol. The summed E-state index contributed by atoms with van der Waals surface area (Å²) in [6, 6.07) is 6.95. The largest absolute Gasteiger partial charge is 0.394 e. The van der Waals surface area contributed by atoms with Crippen LogP contribution >= 0.6 is 0 Å². The molecule has 0 unspecified atom stereocenters. The van der Waals surface area contributed by atoms with E-state index in [4.69, 9.17) is 10.2 Å². The van der Waals surface area contributed by atoms with Crippen molar-refractivity contribution in [2.24, 2.45) is 0 Å². The van der Waals surface area contributed by atoms with E-state index in [0.717, 1.165) is 5.56 Å². The van der Waals surface area contributed by atoms with Gasteiger partial charge in [0.1, 0.15) is 0 Å². The Balaban J connectivity index is 2.37. The molecule has 0 aliphatic rings. The van der Waals surface area contributed by atoms with Crippen LogP contribution in [0.4, 0.5) is 10.5 Å². The van der Waals surface area contributed by atoms with E-state index >= 15 is 0 Å². The van der Waals surface area contributed by atoms with Gasteiger partial charge in [-0.05, 0) is 19.1 Å². The van der Waals surface area contributed by atoms with Crippen molar-refractivity contribution in [1.82, 2.24) is 5.32 Å². The van der Waals surface area contributed by atoms with E-state index in [9.17, 15) is 4.79 Å². The summed E-state index contributed by atoms with van der Waals surface area (Å²) < 4.78 is 0. The number of hydrogen-bond donors (Lipinski definition) is 4. The predicted octanol–water partition coefficient (Wildman–Crippen LogP) is 0.470. The maximum atomic E-state index is 11.3. The van der Waals surface area contributed by atoms with E-state index in [0.29, 0.717) is 5.69 Å². The average Bonchev–Trinajstić information content (AvgIpc) is 2.29. The average molecular weight is 224 g/mol. The minimum atomic E-state index is -0.927. The zero-order valence-electron chi connectivity index (χ0n) is 9.10. The first kappa shape index (κ1) is 12.5. The molecule has 16 heavy (non-hydrogen) atoms. The Morgan fingerprint density at radius 3 is 2.56 bits per heavy atom. The van der Waals surface area contributed by atoms with Crippen LogP contribution in [0.25, 0.3) is 0 Å². The molecule has 0 bridgehead atoms. The third-order valence-electron chi connectivity index (χ3n) is 2.02. The maximum Gasteiger partial charge on any atom is 0.319 e. The molecule has 88 valence electrons. The molecular weight excluding hydrogens is 208 g/mol. The quantitative estimate of drug-likeness (QED) is 0.600. The Hall–Kier alpha value is -1.59. The van der Waals surface area contributed by atoms with Crippen LogP contribution in [0.5, 0.6) is 0 Å². The van der Waals surface area contributed by atoms with E-state index in [1.54, 1.807) is 12.1 Å². The monoisotopic (exact) mass is 224 g/mol. The van der Waals surface area contributed by atoms with Crippen molar-refractivity contribution in [3.8, 4) is 0 Å². The highest BCUT2D eigenvalue weighted by Gasteiger charge is 2.05. The minimum Gasteiger partial charge on any atom is -0.394 e. The molecule has 0 spiro atoms. The van der Waals surface area contributed by atoms with Crippen molar-refractivity contribution >= 4 is 11.7 Å². The van der Waals surface area contributed by atoms with Crippen molar-refractivity contribution < 1.29 is 15.0 Å². The molecule has 0 aliphatic heterocycles. The Kier molecular flexibility index (Phi) is 4.75. The lowest BCUT2D eigenvalue weighted by Crippen LogP contribution is -2.36. The summed E-state index contributed by atoms with van der Waals surface area (Å²) in [6.07, 6.45) is -0.927. The van der Waals surface area contributed by atoms with Crippen LogP contribution in [-0.4, -0.2) is 35.5 Å². The third-order valence-corrected chi connectivity index (χ3v) is 2.02. The standard InChI is InChI=1S/C11H16N2O3/c1-8-2-4-9(5-3-8)13-11(16)12-6-10(15)7-14/h2-5,10,14-15H,6-7H2,1H3,(H2,12,13,16)/t10-/m1/s1. The van der Waals surface area contributed by atoms with E-state index in [-0.39, 0.29) is 13.2 Å². The number of amides is 2. The lowest BCUT2D eigenvalue weighted by molar-refractivity contribution is 0.0965. The molecule has 0 aromatic heterocycles. The van der Waals surface area contributed by atoms with Gasteiger partial charge in [-0.15, -0.1) is 0 Å². The number of hydrogen-bond acceptors (Lipinski definition) is 3. The number of urea groups is 1. The molecule has 1 aromatic carbocycles. The molecule has 4 N–H and O–H groups in total. The summed E-state index contributed by atoms with van der Waals surface area (Å²) in [5, 5.41) is 22.6. The first-order chi connectivity index (χ1) is 7.61. The molecule has 0 fully saturated rings. The van der Waals surface area contributed by atoms with Crippen molar-refractivity contribution in [3.05, 3.63) is 29.8 Å². The van der Waals surface area contributed by atoms with Crippen LogP contribution in [0.15, 0.2) is 24.3 Å². The van der Waals surface area contributed by atoms with Gasteiger partial charge in [0.2, 0.25) is 0 Å². The van der Waals surface area contributed by atoms with Crippen molar-refractivity contribution in [3.63, 3.8) is 0 Å². The van der Waals surface area contributed by atoms with Gasteiger partial charge in [0.15, 0.2) is 0 Å². The number of anilines is 1. The first-order valence-electron chi connectivity index (χ1n) is 5.02. The van der Waals surface area contributed by atoms with Crippen LogP contribution < -0.4 is 10.6 Å². The van der Waals surface area contributed by atoms with Crippen LogP contribution in [0.3, 0.4) is 0 Å². The molecule has 5 nitrogen and oxygen atoms in total. The second-order valence-electron chi connectivity index (χ2n) is 3.54. The molecular formula is C11H16N2O3. The SMILES string of the molecule is Cc1ccc(NC(=O)NC[C@@H](O)CO)cc1. The molecule has 5 heteroatoms. The zero-order chi connectivity index (χ0) is 12.0. The van der Waals surface area contributed by atoms with Gasteiger partial charge < -0.3 is 20.8 Å². The van der Waals surface area contributed by atoms with E-state index in [2.05, 4.69) is 10.6 Å². The highest BCUT2D eigenvalue weighted by atomic mass is 16.3. The number of carbonyl (C=O) groups is 1. The first-order valence-corrected chi connectivity index (χ1v) is 5.02.